The standard InChI is InChI=1S/C16H18FN.C2H6/c1-4-7-14-11-18(17)16(10-13(14)3)15-9-6-5-8-12(15)2;1-2/h4-10H,11H2,1-3H3;1-2H3/b7-4-;. The molecule has 1 heterocycles. The van der Waals surface area contributed by atoms with E-state index < -0.39 is 0 Å². The predicted molar refractivity (Wildman–Crippen MR) is 85.8 cm³/mol. The molecule has 2 rings (SSSR count). The molecular weight excluding hydrogens is 249 g/mol. The second kappa shape index (κ2) is 7.68. The smallest absolute Gasteiger partial charge is 0.0769 e. The van der Waals surface area contributed by atoms with Crippen molar-refractivity contribution in [3.63, 3.8) is 0 Å². The van der Waals surface area contributed by atoms with Gasteiger partial charge in [0.25, 0.3) is 0 Å². The first kappa shape index (κ1) is 16.2. The summed E-state index contributed by atoms with van der Waals surface area (Å²) in [6.07, 6.45) is 5.83. The van der Waals surface area contributed by atoms with Crippen LogP contribution in [-0.4, -0.2) is 11.7 Å². The number of benzene rings is 1. The van der Waals surface area contributed by atoms with Crippen LogP contribution in [0.15, 0.2) is 53.6 Å². The molecule has 0 radical (unpaired) electrons. The average molecular weight is 273 g/mol. The summed E-state index contributed by atoms with van der Waals surface area (Å²) in [6.45, 7) is 10.3. The van der Waals surface area contributed by atoms with Gasteiger partial charge in [-0.25, -0.2) is 5.12 Å². The fourth-order valence-corrected chi connectivity index (χ4v) is 2.18. The van der Waals surface area contributed by atoms with Crippen molar-refractivity contribution in [2.75, 3.05) is 6.54 Å². The highest BCUT2D eigenvalue weighted by atomic mass is 19.2. The van der Waals surface area contributed by atoms with Gasteiger partial charge < -0.3 is 0 Å². The second-order valence-electron chi connectivity index (χ2n) is 4.57. The minimum Gasteiger partial charge on any atom is -0.207 e. The lowest BCUT2D eigenvalue weighted by atomic mass is 9.98. The predicted octanol–water partition coefficient (Wildman–Crippen LogP) is 5.45. The third-order valence-electron chi connectivity index (χ3n) is 3.22. The van der Waals surface area contributed by atoms with Gasteiger partial charge in [-0.3, -0.25) is 0 Å². The first-order chi connectivity index (χ1) is 9.63. The van der Waals surface area contributed by atoms with E-state index in [-0.39, 0.29) is 0 Å². The van der Waals surface area contributed by atoms with E-state index in [0.29, 0.717) is 12.2 Å². The van der Waals surface area contributed by atoms with E-state index in [1.54, 1.807) is 0 Å². The van der Waals surface area contributed by atoms with Gasteiger partial charge in [-0.2, -0.15) is 0 Å². The molecule has 2 heteroatoms. The highest BCUT2D eigenvalue weighted by Crippen LogP contribution is 2.30. The zero-order valence-corrected chi connectivity index (χ0v) is 13.1. The lowest BCUT2D eigenvalue weighted by molar-refractivity contribution is 0.118. The van der Waals surface area contributed by atoms with Gasteiger partial charge in [0, 0.05) is 5.56 Å². The van der Waals surface area contributed by atoms with Crippen LogP contribution < -0.4 is 0 Å². The molecule has 20 heavy (non-hydrogen) atoms. The van der Waals surface area contributed by atoms with E-state index in [4.69, 9.17) is 0 Å². The largest absolute Gasteiger partial charge is 0.207 e. The maximum absolute atomic E-state index is 14.2. The molecule has 0 aromatic heterocycles. The topological polar surface area (TPSA) is 3.24 Å². The Bertz CT molecular complexity index is 538. The summed E-state index contributed by atoms with van der Waals surface area (Å²) in [5, 5.41) is 0.824. The van der Waals surface area contributed by atoms with E-state index in [9.17, 15) is 4.48 Å². The maximum atomic E-state index is 14.2. The number of halogens is 1. The maximum Gasteiger partial charge on any atom is 0.0769 e. The molecule has 0 saturated heterocycles. The first-order valence-electron chi connectivity index (χ1n) is 7.17. The molecule has 0 amide bonds. The molecule has 0 atom stereocenters. The van der Waals surface area contributed by atoms with Crippen LogP contribution in [0.4, 0.5) is 4.48 Å². The Kier molecular flexibility index (Phi) is 6.23. The molecule has 0 unspecified atom stereocenters. The zero-order valence-electron chi connectivity index (χ0n) is 13.1. The van der Waals surface area contributed by atoms with Gasteiger partial charge in [0.15, 0.2) is 0 Å². The number of aryl methyl sites for hydroxylation is 1. The van der Waals surface area contributed by atoms with Crippen LogP contribution in [0.3, 0.4) is 0 Å². The van der Waals surface area contributed by atoms with Crippen molar-refractivity contribution in [3.05, 3.63) is 64.8 Å². The van der Waals surface area contributed by atoms with Crippen molar-refractivity contribution in [3.8, 4) is 0 Å². The van der Waals surface area contributed by atoms with E-state index >= 15 is 0 Å². The Labute approximate surface area is 122 Å². The molecule has 0 bridgehead atoms. The molecular formula is C18H24FN. The van der Waals surface area contributed by atoms with Crippen LogP contribution in [0.5, 0.6) is 0 Å². The highest BCUT2D eigenvalue weighted by molar-refractivity contribution is 5.70. The molecule has 1 nitrogen and oxygen atoms in total. The number of rotatable bonds is 2. The number of hydrogen-bond acceptors (Lipinski definition) is 1. The van der Waals surface area contributed by atoms with Crippen LogP contribution in [0.1, 0.15) is 38.8 Å². The molecule has 108 valence electrons. The third-order valence-corrected chi connectivity index (χ3v) is 3.22. The van der Waals surface area contributed by atoms with Gasteiger partial charge in [-0.15, -0.1) is 0 Å². The fourth-order valence-electron chi connectivity index (χ4n) is 2.18. The minimum atomic E-state index is 0.316. The van der Waals surface area contributed by atoms with Crippen molar-refractivity contribution in [2.24, 2.45) is 0 Å². The lowest BCUT2D eigenvalue weighted by Gasteiger charge is -2.25. The molecule has 0 spiro atoms. The minimum absolute atomic E-state index is 0.316. The van der Waals surface area contributed by atoms with Crippen molar-refractivity contribution < 1.29 is 4.48 Å². The molecule has 1 aromatic rings. The van der Waals surface area contributed by atoms with Gasteiger partial charge in [-0.05, 0) is 43.6 Å². The van der Waals surface area contributed by atoms with Gasteiger partial charge in [0.1, 0.15) is 0 Å². The van der Waals surface area contributed by atoms with Gasteiger partial charge in [0.05, 0.1) is 12.2 Å². The summed E-state index contributed by atoms with van der Waals surface area (Å²) < 4.78 is 14.2. The molecule has 1 aliphatic rings. The Morgan fingerprint density at radius 1 is 1.15 bits per heavy atom. The number of hydrogen-bond donors (Lipinski definition) is 0. The Balaban J connectivity index is 0.000000956. The summed E-state index contributed by atoms with van der Waals surface area (Å²) in [4.78, 5) is 0. The van der Waals surface area contributed by atoms with E-state index in [1.165, 1.54) is 0 Å². The quantitative estimate of drug-likeness (QED) is 0.647. The number of nitrogens with zero attached hydrogens (tertiary/aromatic N) is 1. The van der Waals surface area contributed by atoms with Crippen molar-refractivity contribution in [1.82, 2.24) is 5.12 Å². The summed E-state index contributed by atoms with van der Waals surface area (Å²) in [7, 11) is 0. The average Bonchev–Trinajstić information content (AvgIpc) is 2.46. The van der Waals surface area contributed by atoms with Crippen molar-refractivity contribution in [2.45, 2.75) is 34.6 Å². The monoisotopic (exact) mass is 273 g/mol. The molecule has 0 aliphatic carbocycles. The van der Waals surface area contributed by atoms with Gasteiger partial charge in [0.2, 0.25) is 0 Å². The first-order valence-corrected chi connectivity index (χ1v) is 7.17. The molecule has 0 N–H and O–H groups in total. The Morgan fingerprint density at radius 3 is 2.40 bits per heavy atom. The Hall–Kier alpha value is -1.83. The van der Waals surface area contributed by atoms with Crippen LogP contribution >= 0.6 is 0 Å². The molecule has 1 aromatic carbocycles. The van der Waals surface area contributed by atoms with E-state index in [2.05, 4.69) is 0 Å². The summed E-state index contributed by atoms with van der Waals surface area (Å²) in [5.41, 5.74) is 4.85. The van der Waals surface area contributed by atoms with E-state index in [0.717, 1.165) is 27.4 Å². The van der Waals surface area contributed by atoms with Gasteiger partial charge in [-0.1, -0.05) is 54.7 Å². The molecule has 0 saturated carbocycles. The molecule has 1 aliphatic heterocycles. The third kappa shape index (κ3) is 3.60. The van der Waals surface area contributed by atoms with Crippen molar-refractivity contribution >= 4 is 5.70 Å². The zero-order chi connectivity index (χ0) is 15.1. The SMILES string of the molecule is C/C=C\C1=C(C)C=C(c2ccccc2C)N(F)C1.CC. The van der Waals surface area contributed by atoms with Crippen molar-refractivity contribution in [1.29, 1.82) is 0 Å². The highest BCUT2D eigenvalue weighted by Gasteiger charge is 2.19. The van der Waals surface area contributed by atoms with Crippen LogP contribution in [-0.2, 0) is 0 Å². The molecule has 0 fully saturated rings. The number of allylic oxidation sites excluding steroid dienone is 3. The van der Waals surface area contributed by atoms with Crippen LogP contribution in [0, 0.1) is 6.92 Å². The van der Waals surface area contributed by atoms with Gasteiger partial charge >= 0.3 is 0 Å². The van der Waals surface area contributed by atoms with E-state index in [1.807, 2.05) is 77.1 Å². The Morgan fingerprint density at radius 2 is 1.80 bits per heavy atom. The normalized spacial score (nSPS) is 15.1. The van der Waals surface area contributed by atoms with Crippen LogP contribution in [0.25, 0.3) is 5.70 Å². The lowest BCUT2D eigenvalue weighted by Crippen LogP contribution is -2.19. The summed E-state index contributed by atoms with van der Waals surface area (Å²) >= 11 is 0. The summed E-state index contributed by atoms with van der Waals surface area (Å²) in [5.74, 6) is 0. The fraction of sp³-hybridized carbons (Fsp3) is 0.333. The second-order valence-corrected chi connectivity index (χ2v) is 4.57. The van der Waals surface area contributed by atoms with Crippen LogP contribution in [0.2, 0.25) is 0 Å². The summed E-state index contributed by atoms with van der Waals surface area (Å²) in [6, 6.07) is 7.88.